The molecule has 1 heterocycles. The van der Waals surface area contributed by atoms with Gasteiger partial charge in [-0.05, 0) is 39.7 Å². The van der Waals surface area contributed by atoms with E-state index in [0.29, 0.717) is 13.0 Å². The smallest absolute Gasteiger partial charge is 0.408 e. The third-order valence-corrected chi connectivity index (χ3v) is 3.43. The molecule has 0 spiro atoms. The summed E-state index contributed by atoms with van der Waals surface area (Å²) < 4.78 is 5.20. The summed E-state index contributed by atoms with van der Waals surface area (Å²) in [5.74, 6) is -0.569. The van der Waals surface area contributed by atoms with Gasteiger partial charge in [0.25, 0.3) is 0 Å². The van der Waals surface area contributed by atoms with E-state index in [0.717, 1.165) is 6.29 Å². The molecule has 0 aromatic heterocycles. The van der Waals surface area contributed by atoms with Crippen LogP contribution in [0.1, 0.15) is 41.0 Å². The van der Waals surface area contributed by atoms with Crippen molar-refractivity contribution in [3.63, 3.8) is 0 Å². The molecule has 120 valence electrons. The van der Waals surface area contributed by atoms with E-state index in [1.165, 1.54) is 0 Å². The molecule has 3 atom stereocenters. The Hall–Kier alpha value is -1.43. The summed E-state index contributed by atoms with van der Waals surface area (Å²) in [7, 11) is 0. The zero-order chi connectivity index (χ0) is 16.2. The van der Waals surface area contributed by atoms with Gasteiger partial charge in [0.15, 0.2) is 5.78 Å². The molecule has 0 radical (unpaired) electrons. The van der Waals surface area contributed by atoms with E-state index in [4.69, 9.17) is 4.74 Å². The van der Waals surface area contributed by atoms with E-state index in [-0.39, 0.29) is 17.6 Å². The minimum Gasteiger partial charge on any atom is -0.444 e. The molecule has 0 aliphatic carbocycles. The van der Waals surface area contributed by atoms with E-state index >= 15 is 0 Å². The van der Waals surface area contributed by atoms with Gasteiger partial charge in [0.2, 0.25) is 0 Å². The highest BCUT2D eigenvalue weighted by Gasteiger charge is 2.38. The average Bonchev–Trinajstić information content (AvgIpc) is 2.80. The van der Waals surface area contributed by atoms with Crippen LogP contribution in [0, 0.1) is 11.8 Å². The Bertz CT molecular complexity index is 401. The molecule has 0 bridgehead atoms. The molecule has 1 rings (SSSR count). The number of aldehydes is 1. The SMILES string of the molecule is CC(C)[C@H](NC(=O)OC(C)(C)C)C(=O)C1CCN[C@@H]1C=O. The summed E-state index contributed by atoms with van der Waals surface area (Å²) in [4.78, 5) is 35.5. The summed E-state index contributed by atoms with van der Waals surface area (Å²) in [5, 5.41) is 5.63. The Morgan fingerprint density at radius 3 is 2.43 bits per heavy atom. The summed E-state index contributed by atoms with van der Waals surface area (Å²) in [5.41, 5.74) is -0.616. The zero-order valence-corrected chi connectivity index (χ0v) is 13.4. The van der Waals surface area contributed by atoms with E-state index in [1.54, 1.807) is 20.8 Å². The fourth-order valence-corrected chi connectivity index (χ4v) is 2.42. The standard InChI is InChI=1S/C15H26N2O4/c1-9(2)12(17-14(20)21-15(3,4)5)13(19)10-6-7-16-11(10)8-18/h8-12,16H,6-7H2,1-5H3,(H,17,20)/t10?,11-,12+/m1/s1. The predicted octanol–water partition coefficient (Wildman–Crippen LogP) is 1.28. The lowest BCUT2D eigenvalue weighted by Gasteiger charge is -2.27. The molecule has 1 aliphatic heterocycles. The van der Waals surface area contributed by atoms with E-state index in [1.807, 2.05) is 13.8 Å². The summed E-state index contributed by atoms with van der Waals surface area (Å²) >= 11 is 0. The second kappa shape index (κ2) is 7.02. The molecular weight excluding hydrogens is 272 g/mol. The number of rotatable bonds is 5. The van der Waals surface area contributed by atoms with Gasteiger partial charge in [0.05, 0.1) is 12.1 Å². The van der Waals surface area contributed by atoms with Crippen LogP contribution in [0.15, 0.2) is 0 Å². The second-order valence-electron chi connectivity index (χ2n) is 6.78. The summed E-state index contributed by atoms with van der Waals surface area (Å²) in [6, 6.07) is -1.11. The van der Waals surface area contributed by atoms with Gasteiger partial charge in [-0.1, -0.05) is 13.8 Å². The second-order valence-corrected chi connectivity index (χ2v) is 6.78. The van der Waals surface area contributed by atoms with Crippen LogP contribution < -0.4 is 10.6 Å². The highest BCUT2D eigenvalue weighted by molar-refractivity contribution is 5.92. The fourth-order valence-electron chi connectivity index (χ4n) is 2.42. The van der Waals surface area contributed by atoms with Gasteiger partial charge in [0.1, 0.15) is 11.9 Å². The molecular formula is C15H26N2O4. The lowest BCUT2D eigenvalue weighted by Crippen LogP contribution is -2.50. The lowest BCUT2D eigenvalue weighted by atomic mass is 9.87. The van der Waals surface area contributed by atoms with Gasteiger partial charge in [-0.2, -0.15) is 0 Å². The van der Waals surface area contributed by atoms with Gasteiger partial charge >= 0.3 is 6.09 Å². The zero-order valence-electron chi connectivity index (χ0n) is 13.4. The molecule has 1 saturated heterocycles. The van der Waals surface area contributed by atoms with Crippen molar-refractivity contribution < 1.29 is 19.1 Å². The maximum Gasteiger partial charge on any atom is 0.408 e. The van der Waals surface area contributed by atoms with Gasteiger partial charge in [-0.15, -0.1) is 0 Å². The number of amides is 1. The predicted molar refractivity (Wildman–Crippen MR) is 79.0 cm³/mol. The molecule has 0 saturated carbocycles. The van der Waals surface area contributed by atoms with Crippen LogP contribution in [-0.4, -0.2) is 42.4 Å². The van der Waals surface area contributed by atoms with Crippen molar-refractivity contribution in [1.82, 2.24) is 10.6 Å². The quantitative estimate of drug-likeness (QED) is 0.747. The number of nitrogens with one attached hydrogen (secondary N) is 2. The van der Waals surface area contributed by atoms with Crippen molar-refractivity contribution in [3.8, 4) is 0 Å². The van der Waals surface area contributed by atoms with E-state index in [9.17, 15) is 14.4 Å². The molecule has 1 fully saturated rings. The van der Waals surface area contributed by atoms with Crippen molar-refractivity contribution in [2.24, 2.45) is 11.8 Å². The molecule has 1 aliphatic rings. The first-order valence-corrected chi connectivity index (χ1v) is 7.37. The first-order chi connectivity index (χ1) is 9.65. The Morgan fingerprint density at radius 1 is 1.33 bits per heavy atom. The van der Waals surface area contributed by atoms with Crippen molar-refractivity contribution in [3.05, 3.63) is 0 Å². The van der Waals surface area contributed by atoms with Gasteiger partial charge in [-0.3, -0.25) is 4.79 Å². The number of alkyl carbamates (subject to hydrolysis) is 1. The number of carbonyl (C=O) groups is 3. The molecule has 21 heavy (non-hydrogen) atoms. The van der Waals surface area contributed by atoms with Crippen LogP contribution >= 0.6 is 0 Å². The number of hydrogen-bond acceptors (Lipinski definition) is 5. The number of carbonyl (C=O) groups excluding carboxylic acids is 3. The van der Waals surface area contributed by atoms with Gasteiger partial charge < -0.3 is 20.2 Å². The van der Waals surface area contributed by atoms with Crippen molar-refractivity contribution in [2.45, 2.75) is 58.7 Å². The first kappa shape index (κ1) is 17.6. The van der Waals surface area contributed by atoms with Gasteiger partial charge in [0, 0.05) is 5.92 Å². The maximum absolute atomic E-state index is 12.6. The van der Waals surface area contributed by atoms with Gasteiger partial charge in [-0.25, -0.2) is 4.79 Å². The first-order valence-electron chi connectivity index (χ1n) is 7.37. The molecule has 1 amide bonds. The minimum atomic E-state index is -0.646. The summed E-state index contributed by atoms with van der Waals surface area (Å²) in [6.07, 6.45) is 0.769. The Labute approximate surface area is 126 Å². The van der Waals surface area contributed by atoms with Crippen molar-refractivity contribution in [1.29, 1.82) is 0 Å². The number of Topliss-reactive ketones (excluding diaryl/α,β-unsaturated/α-hetero) is 1. The Kier molecular flexibility index (Phi) is 5.89. The lowest BCUT2D eigenvalue weighted by molar-refractivity contribution is -0.128. The van der Waals surface area contributed by atoms with Crippen molar-refractivity contribution >= 4 is 18.2 Å². The number of ketones is 1. The topological polar surface area (TPSA) is 84.5 Å². The molecule has 2 N–H and O–H groups in total. The van der Waals surface area contributed by atoms with E-state index in [2.05, 4.69) is 10.6 Å². The number of hydrogen-bond donors (Lipinski definition) is 2. The number of ether oxygens (including phenoxy) is 1. The third kappa shape index (κ3) is 5.12. The van der Waals surface area contributed by atoms with Crippen LogP contribution in [0.3, 0.4) is 0 Å². The van der Waals surface area contributed by atoms with Crippen LogP contribution in [0.5, 0.6) is 0 Å². The molecule has 0 aromatic carbocycles. The van der Waals surface area contributed by atoms with Crippen LogP contribution in [0.25, 0.3) is 0 Å². The van der Waals surface area contributed by atoms with Crippen LogP contribution in [-0.2, 0) is 14.3 Å². The average molecular weight is 298 g/mol. The molecule has 6 nitrogen and oxygen atoms in total. The largest absolute Gasteiger partial charge is 0.444 e. The highest BCUT2D eigenvalue weighted by atomic mass is 16.6. The fraction of sp³-hybridized carbons (Fsp3) is 0.800. The van der Waals surface area contributed by atoms with Crippen molar-refractivity contribution in [2.75, 3.05) is 6.54 Å². The molecule has 1 unspecified atom stereocenters. The molecule has 0 aromatic rings. The normalized spacial score (nSPS) is 23.7. The third-order valence-electron chi connectivity index (χ3n) is 3.43. The highest BCUT2D eigenvalue weighted by Crippen LogP contribution is 2.20. The maximum atomic E-state index is 12.6. The minimum absolute atomic E-state index is 0.0714. The Balaban J connectivity index is 2.75. The van der Waals surface area contributed by atoms with E-state index < -0.39 is 23.8 Å². The van der Waals surface area contributed by atoms with Crippen LogP contribution in [0.2, 0.25) is 0 Å². The van der Waals surface area contributed by atoms with Crippen LogP contribution in [0.4, 0.5) is 4.79 Å². The summed E-state index contributed by atoms with van der Waals surface area (Å²) in [6.45, 7) is 9.65. The Morgan fingerprint density at radius 2 is 1.95 bits per heavy atom. The monoisotopic (exact) mass is 298 g/mol. The molecule has 6 heteroatoms.